The first-order chi connectivity index (χ1) is 12.0. The second kappa shape index (κ2) is 9.28. The normalized spacial score (nSPS) is 14.3. The maximum Gasteiger partial charge on any atom is 0.420 e. The van der Waals surface area contributed by atoms with Gasteiger partial charge in [-0.2, -0.15) is 4.90 Å². The van der Waals surface area contributed by atoms with E-state index in [1.165, 1.54) is 41.5 Å². The van der Waals surface area contributed by atoms with Crippen molar-refractivity contribution in [3.8, 4) is 0 Å². The first kappa shape index (κ1) is 24.3. The molecule has 0 heterocycles. The Morgan fingerprint density at radius 3 is 1.81 bits per heavy atom. The fourth-order valence-electron chi connectivity index (χ4n) is 1.72. The molecule has 0 aromatic heterocycles. The Balaban J connectivity index is 5.78. The number of ether oxygens (including phenoxy) is 2. The van der Waals surface area contributed by atoms with Crippen molar-refractivity contribution in [3.05, 3.63) is 22.4 Å². The lowest BCUT2D eigenvalue weighted by molar-refractivity contribution is -0.402. The molecule has 11 heteroatoms. The molecule has 154 valence electrons. The van der Waals surface area contributed by atoms with Crippen LogP contribution < -0.4 is 0 Å². The minimum atomic E-state index is -2.11. The third kappa shape index (κ3) is 10.1. The standard InChI is InChI=1S/C16H25FN2O8/c1-15(2,3)26-13(22)19(14(23)27-16(4,5)6)11(12(20)21)9-10(17)7-8-18(24)25/h7-8,10-11H,9H2,1-6H3,(H,20,21)/b8-7+/t10?,11-/m0/s1. The van der Waals surface area contributed by atoms with Gasteiger partial charge in [0.15, 0.2) is 0 Å². The van der Waals surface area contributed by atoms with Gasteiger partial charge in [-0.05, 0) is 41.5 Å². The van der Waals surface area contributed by atoms with Crippen LogP contribution in [-0.2, 0) is 14.3 Å². The SMILES string of the molecule is CC(C)(C)OC(=O)N(C(=O)OC(C)(C)C)[C@@H](CC(F)/C=C/[N+](=O)[O-])C(=O)O. The number of carbonyl (C=O) groups excluding carboxylic acids is 2. The number of carbonyl (C=O) groups is 3. The number of nitro groups is 1. The Morgan fingerprint density at radius 2 is 1.52 bits per heavy atom. The molecule has 1 unspecified atom stereocenters. The summed E-state index contributed by atoms with van der Waals surface area (Å²) in [6.45, 7) is 8.95. The van der Waals surface area contributed by atoms with E-state index < -0.39 is 52.9 Å². The van der Waals surface area contributed by atoms with Gasteiger partial charge in [0.2, 0.25) is 6.20 Å². The average Bonchev–Trinajstić information content (AvgIpc) is 2.40. The van der Waals surface area contributed by atoms with Gasteiger partial charge < -0.3 is 14.6 Å². The first-order valence-electron chi connectivity index (χ1n) is 7.97. The topological polar surface area (TPSA) is 136 Å². The number of nitrogens with zero attached hydrogens (tertiary/aromatic N) is 2. The van der Waals surface area contributed by atoms with Crippen LogP contribution in [0.3, 0.4) is 0 Å². The summed E-state index contributed by atoms with van der Waals surface area (Å²) >= 11 is 0. The van der Waals surface area contributed by atoms with Crippen LogP contribution in [0.15, 0.2) is 12.3 Å². The highest BCUT2D eigenvalue weighted by Gasteiger charge is 2.41. The molecule has 0 aromatic carbocycles. The van der Waals surface area contributed by atoms with Crippen LogP contribution in [-0.4, -0.2) is 56.5 Å². The highest BCUT2D eigenvalue weighted by molar-refractivity contribution is 5.93. The maximum absolute atomic E-state index is 14.0. The van der Waals surface area contributed by atoms with E-state index in [2.05, 4.69) is 0 Å². The highest BCUT2D eigenvalue weighted by Crippen LogP contribution is 2.20. The Morgan fingerprint density at radius 1 is 1.11 bits per heavy atom. The first-order valence-corrected chi connectivity index (χ1v) is 7.97. The lowest BCUT2D eigenvalue weighted by Gasteiger charge is -2.31. The lowest BCUT2D eigenvalue weighted by atomic mass is 10.1. The number of imide groups is 1. The largest absolute Gasteiger partial charge is 0.480 e. The van der Waals surface area contributed by atoms with E-state index in [9.17, 15) is 34.0 Å². The van der Waals surface area contributed by atoms with Gasteiger partial charge in [-0.25, -0.2) is 18.8 Å². The third-order valence-electron chi connectivity index (χ3n) is 2.64. The van der Waals surface area contributed by atoms with Gasteiger partial charge in [-0.3, -0.25) is 10.1 Å². The van der Waals surface area contributed by atoms with Crippen LogP contribution in [0, 0.1) is 10.1 Å². The summed E-state index contributed by atoms with van der Waals surface area (Å²) in [6.07, 6.45) is -4.89. The number of halogens is 1. The van der Waals surface area contributed by atoms with Crippen molar-refractivity contribution in [3.63, 3.8) is 0 Å². The zero-order valence-electron chi connectivity index (χ0n) is 16.1. The number of amides is 2. The van der Waals surface area contributed by atoms with Crippen molar-refractivity contribution in [2.24, 2.45) is 0 Å². The Hall–Kier alpha value is -2.72. The minimum Gasteiger partial charge on any atom is -0.480 e. The molecule has 0 radical (unpaired) electrons. The number of alkyl halides is 1. The summed E-state index contributed by atoms with van der Waals surface area (Å²) in [5.74, 6) is -1.70. The summed E-state index contributed by atoms with van der Waals surface area (Å²) in [6, 6.07) is -2.00. The van der Waals surface area contributed by atoms with Crippen LogP contribution in [0.25, 0.3) is 0 Å². The van der Waals surface area contributed by atoms with Crippen LogP contribution >= 0.6 is 0 Å². The average molecular weight is 392 g/mol. The van der Waals surface area contributed by atoms with Gasteiger partial charge in [0.1, 0.15) is 23.4 Å². The van der Waals surface area contributed by atoms with E-state index >= 15 is 0 Å². The molecule has 0 aliphatic heterocycles. The van der Waals surface area contributed by atoms with E-state index in [0.29, 0.717) is 12.3 Å². The van der Waals surface area contributed by atoms with E-state index in [1.54, 1.807) is 0 Å². The van der Waals surface area contributed by atoms with Gasteiger partial charge in [0, 0.05) is 12.5 Å². The molecule has 0 saturated carbocycles. The number of aliphatic carboxylic acids is 1. The lowest BCUT2D eigenvalue weighted by Crippen LogP contribution is -2.52. The molecule has 1 N–H and O–H groups in total. The molecule has 10 nitrogen and oxygen atoms in total. The molecule has 0 fully saturated rings. The van der Waals surface area contributed by atoms with E-state index in [4.69, 9.17) is 9.47 Å². The van der Waals surface area contributed by atoms with Crippen LogP contribution in [0.5, 0.6) is 0 Å². The van der Waals surface area contributed by atoms with Crippen LogP contribution in [0.1, 0.15) is 48.0 Å². The fraction of sp³-hybridized carbons (Fsp3) is 0.688. The number of rotatable bonds is 6. The zero-order chi connectivity index (χ0) is 21.6. The van der Waals surface area contributed by atoms with E-state index in [-0.39, 0.29) is 4.90 Å². The minimum absolute atomic E-state index is 0.158. The number of hydrogen-bond acceptors (Lipinski definition) is 7. The van der Waals surface area contributed by atoms with Crippen molar-refractivity contribution in [2.45, 2.75) is 71.4 Å². The number of carboxylic acid groups (broad SMARTS) is 1. The van der Waals surface area contributed by atoms with E-state index in [0.717, 1.165) is 0 Å². The Bertz CT molecular complexity index is 579. The predicted molar refractivity (Wildman–Crippen MR) is 91.4 cm³/mol. The molecule has 0 aliphatic carbocycles. The van der Waals surface area contributed by atoms with Crippen LogP contribution in [0.2, 0.25) is 0 Å². The molecular formula is C16H25FN2O8. The summed E-state index contributed by atoms with van der Waals surface area (Å²) in [5.41, 5.74) is -2.14. The molecule has 0 bridgehead atoms. The van der Waals surface area contributed by atoms with Crippen molar-refractivity contribution >= 4 is 18.2 Å². The fourth-order valence-corrected chi connectivity index (χ4v) is 1.72. The maximum atomic E-state index is 14.0. The molecular weight excluding hydrogens is 367 g/mol. The summed E-state index contributed by atoms with van der Waals surface area (Å²) in [7, 11) is 0. The van der Waals surface area contributed by atoms with Crippen LogP contribution in [0.4, 0.5) is 14.0 Å². The molecule has 0 aliphatic rings. The van der Waals surface area contributed by atoms with E-state index in [1.807, 2.05) is 0 Å². The smallest absolute Gasteiger partial charge is 0.420 e. The third-order valence-corrected chi connectivity index (χ3v) is 2.64. The molecule has 0 saturated heterocycles. The highest BCUT2D eigenvalue weighted by atomic mass is 19.1. The van der Waals surface area contributed by atoms with Gasteiger partial charge in [-0.15, -0.1) is 0 Å². The number of allylic oxidation sites excluding steroid dienone is 1. The zero-order valence-corrected chi connectivity index (χ0v) is 16.1. The van der Waals surface area contributed by atoms with Crippen molar-refractivity contribution < 1.29 is 38.3 Å². The van der Waals surface area contributed by atoms with Crippen molar-refractivity contribution in [1.29, 1.82) is 0 Å². The molecule has 2 atom stereocenters. The van der Waals surface area contributed by atoms with Gasteiger partial charge in [-0.1, -0.05) is 0 Å². The molecule has 0 spiro atoms. The quantitative estimate of drug-likeness (QED) is 0.538. The molecule has 27 heavy (non-hydrogen) atoms. The summed E-state index contributed by atoms with van der Waals surface area (Å²) < 4.78 is 24.0. The monoisotopic (exact) mass is 392 g/mol. The van der Waals surface area contributed by atoms with Crippen molar-refractivity contribution in [1.82, 2.24) is 4.90 Å². The van der Waals surface area contributed by atoms with Crippen molar-refractivity contribution in [2.75, 3.05) is 0 Å². The summed E-state index contributed by atoms with van der Waals surface area (Å²) in [5, 5.41) is 19.6. The van der Waals surface area contributed by atoms with Gasteiger partial charge >= 0.3 is 18.2 Å². The molecule has 0 rings (SSSR count). The predicted octanol–water partition coefficient (Wildman–Crippen LogP) is 3.13. The number of hydrogen-bond donors (Lipinski definition) is 1. The second-order valence-corrected chi connectivity index (χ2v) is 7.56. The Labute approximate surface area is 156 Å². The van der Waals surface area contributed by atoms with Gasteiger partial charge in [0.25, 0.3) is 0 Å². The molecule has 2 amide bonds. The van der Waals surface area contributed by atoms with Gasteiger partial charge in [0.05, 0.1) is 4.92 Å². The second-order valence-electron chi connectivity index (χ2n) is 7.56. The molecule has 0 aromatic rings. The Kier molecular flexibility index (Phi) is 8.35. The number of carboxylic acids is 1. The summed E-state index contributed by atoms with van der Waals surface area (Å²) in [4.78, 5) is 45.8.